The van der Waals surface area contributed by atoms with Crippen LogP contribution in [0.3, 0.4) is 0 Å². The maximum Gasteiger partial charge on any atom is 0.317 e. The van der Waals surface area contributed by atoms with Gasteiger partial charge in [-0.25, -0.2) is 4.79 Å². The Morgan fingerprint density at radius 1 is 1.32 bits per heavy atom. The summed E-state index contributed by atoms with van der Waals surface area (Å²) in [5.41, 5.74) is -0.0732. The molecule has 19 heavy (non-hydrogen) atoms. The lowest BCUT2D eigenvalue weighted by Gasteiger charge is -2.28. The molecular weight excluding hydrogens is 248 g/mol. The highest BCUT2D eigenvalue weighted by molar-refractivity contribution is 5.75. The molecule has 112 valence electrons. The standard InChI is InChI=1S/C13H26N2O4/c1-9(16)8-15(5)12(19)14-10(6-11(17)18)7-13(2,3)4/h9-10,16H,6-8H2,1-5H3,(H,14,19)(H,17,18). The van der Waals surface area contributed by atoms with Gasteiger partial charge in [-0.05, 0) is 18.8 Å². The normalized spacial score (nSPS) is 14.6. The van der Waals surface area contributed by atoms with Gasteiger partial charge in [-0.1, -0.05) is 20.8 Å². The minimum Gasteiger partial charge on any atom is -0.481 e. The van der Waals surface area contributed by atoms with Crippen LogP contribution in [0, 0.1) is 5.41 Å². The summed E-state index contributed by atoms with van der Waals surface area (Å²) in [6.07, 6.45) is -0.143. The number of amides is 2. The number of nitrogens with one attached hydrogen (secondary N) is 1. The van der Waals surface area contributed by atoms with Gasteiger partial charge in [-0.15, -0.1) is 0 Å². The van der Waals surface area contributed by atoms with Gasteiger partial charge in [0.2, 0.25) is 0 Å². The minimum atomic E-state index is -0.937. The molecule has 0 aliphatic rings. The number of aliphatic carboxylic acids is 1. The van der Waals surface area contributed by atoms with Crippen molar-refractivity contribution in [3.63, 3.8) is 0 Å². The number of carbonyl (C=O) groups is 2. The molecule has 6 heteroatoms. The summed E-state index contributed by atoms with van der Waals surface area (Å²) in [7, 11) is 1.57. The maximum absolute atomic E-state index is 11.9. The molecule has 2 atom stereocenters. The van der Waals surface area contributed by atoms with Crippen LogP contribution in [0.5, 0.6) is 0 Å². The Kier molecular flexibility index (Phi) is 6.83. The number of rotatable bonds is 6. The number of hydrogen-bond donors (Lipinski definition) is 3. The van der Waals surface area contributed by atoms with Crippen molar-refractivity contribution in [2.45, 2.75) is 52.7 Å². The Hall–Kier alpha value is -1.30. The zero-order chi connectivity index (χ0) is 15.2. The van der Waals surface area contributed by atoms with Crippen LogP contribution in [0.2, 0.25) is 0 Å². The Balaban J connectivity index is 4.54. The van der Waals surface area contributed by atoms with Crippen LogP contribution in [0.15, 0.2) is 0 Å². The molecule has 0 fully saturated rings. The lowest BCUT2D eigenvalue weighted by Crippen LogP contribution is -2.46. The Morgan fingerprint density at radius 3 is 2.21 bits per heavy atom. The number of carbonyl (C=O) groups excluding carboxylic acids is 1. The van der Waals surface area contributed by atoms with E-state index < -0.39 is 18.1 Å². The largest absolute Gasteiger partial charge is 0.481 e. The van der Waals surface area contributed by atoms with Crippen LogP contribution < -0.4 is 5.32 Å². The van der Waals surface area contributed by atoms with Gasteiger partial charge in [0.05, 0.1) is 12.5 Å². The molecule has 2 amide bonds. The van der Waals surface area contributed by atoms with Crippen LogP contribution in [-0.4, -0.2) is 52.9 Å². The van der Waals surface area contributed by atoms with Gasteiger partial charge < -0.3 is 20.4 Å². The summed E-state index contributed by atoms with van der Waals surface area (Å²) in [6.45, 7) is 7.78. The van der Waals surface area contributed by atoms with Gasteiger partial charge in [0.15, 0.2) is 0 Å². The van der Waals surface area contributed by atoms with Gasteiger partial charge in [0, 0.05) is 19.6 Å². The topological polar surface area (TPSA) is 89.9 Å². The number of carboxylic acid groups (broad SMARTS) is 1. The Labute approximate surface area is 114 Å². The SMILES string of the molecule is CC(O)CN(C)C(=O)NC(CC(=O)O)CC(C)(C)C. The van der Waals surface area contributed by atoms with Gasteiger partial charge >= 0.3 is 12.0 Å². The zero-order valence-corrected chi connectivity index (χ0v) is 12.4. The van der Waals surface area contributed by atoms with Crippen molar-refractivity contribution in [1.29, 1.82) is 0 Å². The zero-order valence-electron chi connectivity index (χ0n) is 12.4. The predicted octanol–water partition coefficient (Wildman–Crippen LogP) is 1.29. The number of nitrogens with zero attached hydrogens (tertiary/aromatic N) is 1. The molecule has 0 aromatic heterocycles. The molecule has 6 nitrogen and oxygen atoms in total. The van der Waals surface area contributed by atoms with Crippen molar-refractivity contribution in [2.75, 3.05) is 13.6 Å². The fraction of sp³-hybridized carbons (Fsp3) is 0.846. The first-order valence-electron chi connectivity index (χ1n) is 6.42. The predicted molar refractivity (Wildman–Crippen MR) is 73.0 cm³/mol. The van der Waals surface area contributed by atoms with Crippen LogP contribution in [0.25, 0.3) is 0 Å². The second-order valence-corrected chi connectivity index (χ2v) is 6.24. The highest BCUT2D eigenvalue weighted by Crippen LogP contribution is 2.22. The quantitative estimate of drug-likeness (QED) is 0.680. The van der Waals surface area contributed by atoms with E-state index in [1.165, 1.54) is 4.90 Å². The van der Waals surface area contributed by atoms with Gasteiger partial charge in [-0.3, -0.25) is 4.79 Å². The molecule has 0 spiro atoms. The first kappa shape index (κ1) is 17.7. The summed E-state index contributed by atoms with van der Waals surface area (Å²) in [6, 6.07) is -0.780. The second kappa shape index (κ2) is 7.33. The lowest BCUT2D eigenvalue weighted by molar-refractivity contribution is -0.137. The highest BCUT2D eigenvalue weighted by Gasteiger charge is 2.24. The van der Waals surface area contributed by atoms with Crippen molar-refractivity contribution >= 4 is 12.0 Å². The highest BCUT2D eigenvalue weighted by atomic mass is 16.4. The molecule has 0 aromatic rings. The van der Waals surface area contributed by atoms with Crippen LogP contribution >= 0.6 is 0 Å². The second-order valence-electron chi connectivity index (χ2n) is 6.24. The van der Waals surface area contributed by atoms with E-state index in [1.807, 2.05) is 20.8 Å². The molecule has 0 bridgehead atoms. The third kappa shape index (κ3) is 9.30. The molecule has 2 unspecified atom stereocenters. The number of aliphatic hydroxyl groups is 1. The Morgan fingerprint density at radius 2 is 1.84 bits per heavy atom. The molecule has 0 saturated carbocycles. The third-order valence-electron chi connectivity index (χ3n) is 2.49. The van der Waals surface area contributed by atoms with Crippen molar-refractivity contribution in [3.8, 4) is 0 Å². The average Bonchev–Trinajstić information content (AvgIpc) is 2.11. The van der Waals surface area contributed by atoms with Crippen molar-refractivity contribution in [1.82, 2.24) is 10.2 Å². The number of likely N-dealkylation sites (N-methyl/N-ethyl adjacent to an activating group) is 1. The first-order valence-corrected chi connectivity index (χ1v) is 6.42. The van der Waals surface area contributed by atoms with Crippen LogP contribution in [-0.2, 0) is 4.79 Å². The maximum atomic E-state index is 11.9. The lowest BCUT2D eigenvalue weighted by atomic mass is 9.87. The molecule has 0 radical (unpaired) electrons. The average molecular weight is 274 g/mol. The van der Waals surface area contributed by atoms with E-state index in [1.54, 1.807) is 14.0 Å². The van der Waals surface area contributed by atoms with E-state index in [2.05, 4.69) is 5.32 Å². The fourth-order valence-electron chi connectivity index (χ4n) is 1.89. The summed E-state index contributed by atoms with van der Waals surface area (Å²) in [5.74, 6) is -0.937. The molecule has 0 aliphatic heterocycles. The molecule has 0 heterocycles. The summed E-state index contributed by atoms with van der Waals surface area (Å²) in [5, 5.41) is 20.8. The Bertz CT molecular complexity index is 310. The van der Waals surface area contributed by atoms with Crippen molar-refractivity contribution in [2.24, 2.45) is 5.41 Å². The van der Waals surface area contributed by atoms with Crippen molar-refractivity contribution in [3.05, 3.63) is 0 Å². The number of hydrogen-bond acceptors (Lipinski definition) is 3. The van der Waals surface area contributed by atoms with Crippen LogP contribution in [0.1, 0.15) is 40.5 Å². The summed E-state index contributed by atoms with van der Waals surface area (Å²) in [4.78, 5) is 24.0. The third-order valence-corrected chi connectivity index (χ3v) is 2.49. The van der Waals surface area contributed by atoms with E-state index in [4.69, 9.17) is 5.11 Å². The van der Waals surface area contributed by atoms with Crippen molar-refractivity contribution < 1.29 is 19.8 Å². The monoisotopic (exact) mass is 274 g/mol. The van der Waals surface area contributed by atoms with E-state index >= 15 is 0 Å². The number of aliphatic hydroxyl groups excluding tert-OH is 1. The molecule has 0 aromatic carbocycles. The molecular formula is C13H26N2O4. The van der Waals surface area contributed by atoms with E-state index in [9.17, 15) is 14.7 Å². The molecule has 0 aliphatic carbocycles. The van der Waals surface area contributed by atoms with Gasteiger partial charge in [0.25, 0.3) is 0 Å². The smallest absolute Gasteiger partial charge is 0.317 e. The fourth-order valence-corrected chi connectivity index (χ4v) is 1.89. The molecule has 0 saturated heterocycles. The minimum absolute atomic E-state index is 0.0732. The summed E-state index contributed by atoms with van der Waals surface area (Å²) < 4.78 is 0. The molecule has 0 rings (SSSR count). The molecule has 3 N–H and O–H groups in total. The van der Waals surface area contributed by atoms with Gasteiger partial charge in [0.1, 0.15) is 0 Å². The van der Waals surface area contributed by atoms with Crippen LogP contribution in [0.4, 0.5) is 4.79 Å². The summed E-state index contributed by atoms with van der Waals surface area (Å²) >= 11 is 0. The number of carboxylic acids is 1. The van der Waals surface area contributed by atoms with E-state index in [0.717, 1.165) is 0 Å². The number of urea groups is 1. The van der Waals surface area contributed by atoms with E-state index in [-0.39, 0.29) is 24.4 Å². The van der Waals surface area contributed by atoms with E-state index in [0.29, 0.717) is 6.42 Å². The first-order chi connectivity index (χ1) is 8.51. The van der Waals surface area contributed by atoms with Gasteiger partial charge in [-0.2, -0.15) is 0 Å².